The van der Waals surface area contributed by atoms with Crippen molar-refractivity contribution in [2.45, 2.75) is 6.54 Å². The average Bonchev–Trinajstić information content (AvgIpc) is 3.11. The number of aromatic nitrogens is 2. The van der Waals surface area contributed by atoms with Gasteiger partial charge >= 0.3 is 0 Å². The molecule has 4 rings (SSSR count). The van der Waals surface area contributed by atoms with E-state index in [4.69, 9.17) is 0 Å². The number of rotatable bonds is 4. The first-order valence-electron chi connectivity index (χ1n) is 8.77. The molecule has 1 aromatic carbocycles. The van der Waals surface area contributed by atoms with Crippen molar-refractivity contribution in [1.29, 1.82) is 0 Å². The molecule has 140 valence electrons. The summed E-state index contributed by atoms with van der Waals surface area (Å²) >= 11 is 0. The first kappa shape index (κ1) is 17.4. The molecule has 0 unspecified atom stereocenters. The fraction of sp³-hybridized carbons (Fsp3) is 0.263. The summed E-state index contributed by atoms with van der Waals surface area (Å²) in [4.78, 5) is 21.7. The molecular weight excluding hydrogens is 352 g/mol. The number of hydrogen-bond donors (Lipinski definition) is 3. The lowest BCUT2D eigenvalue weighted by Gasteiger charge is -2.28. The van der Waals surface area contributed by atoms with Crippen LogP contribution in [0.15, 0.2) is 36.5 Å². The zero-order valence-corrected chi connectivity index (χ0v) is 14.6. The van der Waals surface area contributed by atoms with Crippen molar-refractivity contribution in [2.75, 3.05) is 31.1 Å². The molecule has 1 amide bonds. The van der Waals surface area contributed by atoms with Crippen LogP contribution < -0.4 is 15.5 Å². The van der Waals surface area contributed by atoms with E-state index in [0.29, 0.717) is 11.9 Å². The second-order valence-corrected chi connectivity index (χ2v) is 6.48. The van der Waals surface area contributed by atoms with Crippen molar-refractivity contribution in [3.63, 3.8) is 0 Å². The largest absolute Gasteiger partial charge is 0.354 e. The van der Waals surface area contributed by atoms with E-state index in [0.717, 1.165) is 43.6 Å². The number of carbonyl (C=O) groups is 1. The number of halogens is 2. The number of aromatic amines is 1. The van der Waals surface area contributed by atoms with Gasteiger partial charge in [0.1, 0.15) is 23.1 Å². The first-order chi connectivity index (χ1) is 13.1. The lowest BCUT2D eigenvalue weighted by atomic mass is 10.2. The number of anilines is 1. The van der Waals surface area contributed by atoms with Gasteiger partial charge in [-0.2, -0.15) is 0 Å². The number of carbonyl (C=O) groups excluding carboxylic acids is 1. The average molecular weight is 371 g/mol. The van der Waals surface area contributed by atoms with Crippen molar-refractivity contribution in [1.82, 2.24) is 20.6 Å². The number of nitrogens with zero attached hydrogens (tertiary/aromatic N) is 2. The highest BCUT2D eigenvalue weighted by atomic mass is 19.1. The monoisotopic (exact) mass is 371 g/mol. The lowest BCUT2D eigenvalue weighted by molar-refractivity contribution is 0.0946. The second kappa shape index (κ2) is 7.32. The van der Waals surface area contributed by atoms with Crippen molar-refractivity contribution >= 4 is 22.6 Å². The zero-order valence-electron chi connectivity index (χ0n) is 14.6. The fourth-order valence-corrected chi connectivity index (χ4v) is 3.20. The molecule has 0 radical (unpaired) electrons. The number of piperazine rings is 1. The van der Waals surface area contributed by atoms with Crippen LogP contribution in [0, 0.1) is 11.6 Å². The summed E-state index contributed by atoms with van der Waals surface area (Å²) in [6, 6.07) is 7.21. The Morgan fingerprint density at radius 1 is 1.19 bits per heavy atom. The topological polar surface area (TPSA) is 73.1 Å². The molecule has 3 N–H and O–H groups in total. The SMILES string of the molecule is O=C(NCc1ccnc(N2CCNCC2)c1)c1cc2cc(F)cc(F)c2[nH]1. The Bertz CT molecular complexity index is 981. The lowest BCUT2D eigenvalue weighted by Crippen LogP contribution is -2.43. The predicted octanol–water partition coefficient (Wildman–Crippen LogP) is 2.18. The molecule has 8 heteroatoms. The molecule has 1 aliphatic heterocycles. The second-order valence-electron chi connectivity index (χ2n) is 6.48. The van der Waals surface area contributed by atoms with E-state index in [1.807, 2.05) is 12.1 Å². The van der Waals surface area contributed by atoms with E-state index < -0.39 is 11.6 Å². The van der Waals surface area contributed by atoms with Gasteiger partial charge in [0, 0.05) is 50.4 Å². The van der Waals surface area contributed by atoms with Gasteiger partial charge in [0.25, 0.3) is 5.91 Å². The van der Waals surface area contributed by atoms with Crippen LogP contribution in [0.5, 0.6) is 0 Å². The molecule has 0 saturated carbocycles. The summed E-state index contributed by atoms with van der Waals surface area (Å²) in [5.41, 5.74) is 1.22. The summed E-state index contributed by atoms with van der Waals surface area (Å²) in [5, 5.41) is 6.41. The van der Waals surface area contributed by atoms with Crippen LogP contribution in [-0.2, 0) is 6.54 Å². The molecule has 3 aromatic rings. The Hall–Kier alpha value is -3.00. The molecule has 0 atom stereocenters. The number of fused-ring (bicyclic) bond motifs is 1. The molecule has 6 nitrogen and oxygen atoms in total. The Kier molecular flexibility index (Phi) is 4.72. The third-order valence-electron chi connectivity index (χ3n) is 4.59. The predicted molar refractivity (Wildman–Crippen MR) is 98.7 cm³/mol. The number of amides is 1. The summed E-state index contributed by atoms with van der Waals surface area (Å²) in [5.74, 6) is -0.903. The molecule has 3 heterocycles. The minimum atomic E-state index is -0.723. The number of hydrogen-bond acceptors (Lipinski definition) is 4. The molecular formula is C19H19F2N5O. The molecule has 0 bridgehead atoms. The standard InChI is InChI=1S/C19H19F2N5O/c20-14-8-13-9-16(25-18(13)15(21)10-14)19(27)24-11-12-1-2-23-17(7-12)26-5-3-22-4-6-26/h1-2,7-10,22,25H,3-6,11H2,(H,24,27). The maximum Gasteiger partial charge on any atom is 0.267 e. The van der Waals surface area contributed by atoms with Crippen molar-refractivity contribution in [2.24, 2.45) is 0 Å². The van der Waals surface area contributed by atoms with Crippen molar-refractivity contribution < 1.29 is 13.6 Å². The maximum atomic E-state index is 13.8. The van der Waals surface area contributed by atoms with Gasteiger partial charge in [0.05, 0.1) is 5.52 Å². The van der Waals surface area contributed by atoms with Gasteiger partial charge in [-0.3, -0.25) is 4.79 Å². The smallest absolute Gasteiger partial charge is 0.267 e. The normalized spacial score (nSPS) is 14.5. The van der Waals surface area contributed by atoms with Crippen LogP contribution in [0.2, 0.25) is 0 Å². The summed E-state index contributed by atoms with van der Waals surface area (Å²) in [6.07, 6.45) is 1.72. The Labute approximate surface area is 154 Å². The Balaban J connectivity index is 1.45. The third-order valence-corrected chi connectivity index (χ3v) is 4.59. The van der Waals surface area contributed by atoms with E-state index in [9.17, 15) is 13.6 Å². The van der Waals surface area contributed by atoms with Crippen LogP contribution in [0.1, 0.15) is 16.1 Å². The highest BCUT2D eigenvalue weighted by Crippen LogP contribution is 2.20. The molecule has 1 aliphatic rings. The summed E-state index contributed by atoms with van der Waals surface area (Å²) in [6.45, 7) is 3.92. The van der Waals surface area contributed by atoms with Gasteiger partial charge in [-0.05, 0) is 29.8 Å². The number of benzene rings is 1. The van der Waals surface area contributed by atoms with Crippen molar-refractivity contribution in [3.8, 4) is 0 Å². The fourth-order valence-electron chi connectivity index (χ4n) is 3.20. The van der Waals surface area contributed by atoms with Gasteiger partial charge < -0.3 is 20.5 Å². The number of pyridine rings is 1. The Morgan fingerprint density at radius 2 is 2.00 bits per heavy atom. The summed E-state index contributed by atoms with van der Waals surface area (Å²) in [7, 11) is 0. The van der Waals surface area contributed by atoms with Gasteiger partial charge in [-0.25, -0.2) is 13.8 Å². The number of nitrogens with one attached hydrogen (secondary N) is 3. The summed E-state index contributed by atoms with van der Waals surface area (Å²) < 4.78 is 27.1. The molecule has 0 spiro atoms. The van der Waals surface area contributed by atoms with Crippen LogP contribution in [-0.4, -0.2) is 42.1 Å². The number of H-pyrrole nitrogens is 1. The van der Waals surface area contributed by atoms with Gasteiger partial charge in [-0.15, -0.1) is 0 Å². The molecule has 27 heavy (non-hydrogen) atoms. The maximum absolute atomic E-state index is 13.8. The van der Waals surface area contributed by atoms with E-state index in [1.54, 1.807) is 6.20 Å². The van der Waals surface area contributed by atoms with E-state index in [1.165, 1.54) is 12.1 Å². The van der Waals surface area contributed by atoms with E-state index in [-0.39, 0.29) is 17.1 Å². The molecule has 0 aliphatic carbocycles. The Morgan fingerprint density at radius 3 is 2.81 bits per heavy atom. The minimum absolute atomic E-state index is 0.117. The van der Waals surface area contributed by atoms with E-state index >= 15 is 0 Å². The first-order valence-corrected chi connectivity index (χ1v) is 8.77. The molecule has 1 saturated heterocycles. The van der Waals surface area contributed by atoms with Crippen LogP contribution in [0.25, 0.3) is 10.9 Å². The van der Waals surface area contributed by atoms with Gasteiger partial charge in [-0.1, -0.05) is 0 Å². The van der Waals surface area contributed by atoms with Crippen LogP contribution in [0.4, 0.5) is 14.6 Å². The molecule has 1 fully saturated rings. The van der Waals surface area contributed by atoms with E-state index in [2.05, 4.69) is 25.5 Å². The zero-order chi connectivity index (χ0) is 18.8. The minimum Gasteiger partial charge on any atom is -0.354 e. The van der Waals surface area contributed by atoms with Crippen LogP contribution in [0.3, 0.4) is 0 Å². The van der Waals surface area contributed by atoms with Gasteiger partial charge in [0.15, 0.2) is 0 Å². The van der Waals surface area contributed by atoms with Crippen LogP contribution >= 0.6 is 0 Å². The highest BCUT2D eigenvalue weighted by molar-refractivity contribution is 5.98. The third kappa shape index (κ3) is 3.75. The van der Waals surface area contributed by atoms with Gasteiger partial charge in [0.2, 0.25) is 0 Å². The molecule has 2 aromatic heterocycles. The quantitative estimate of drug-likeness (QED) is 0.657. The van der Waals surface area contributed by atoms with Crippen molar-refractivity contribution in [3.05, 3.63) is 59.4 Å². The highest BCUT2D eigenvalue weighted by Gasteiger charge is 2.14.